The van der Waals surface area contributed by atoms with Crippen molar-refractivity contribution in [2.45, 2.75) is 130 Å². The Balaban J connectivity index is 5.14. The van der Waals surface area contributed by atoms with Gasteiger partial charge in [-0.1, -0.05) is 59.3 Å². The van der Waals surface area contributed by atoms with Gasteiger partial charge in [0, 0.05) is 0 Å². The lowest BCUT2D eigenvalue weighted by atomic mass is 10.4. The van der Waals surface area contributed by atoms with E-state index in [0.717, 1.165) is 18.9 Å². The fourth-order valence-electron chi connectivity index (χ4n) is 3.85. The lowest BCUT2D eigenvalue weighted by molar-refractivity contribution is 0.302. The second kappa shape index (κ2) is 13.5. The molecule has 1 atom stereocenters. The molecule has 4 nitrogen and oxygen atoms in total. The maximum atomic E-state index is 6.84. The van der Waals surface area contributed by atoms with E-state index in [-0.39, 0.29) is 0 Å². The van der Waals surface area contributed by atoms with Crippen LogP contribution in [0.2, 0.25) is 70.5 Å². The van der Waals surface area contributed by atoms with E-state index in [0.29, 0.717) is 0 Å². The van der Waals surface area contributed by atoms with Crippen molar-refractivity contribution in [1.29, 1.82) is 0 Å². The fourth-order valence-corrected chi connectivity index (χ4v) is 25.5. The van der Waals surface area contributed by atoms with Gasteiger partial charge in [0.2, 0.25) is 0 Å². The van der Waals surface area contributed by atoms with Gasteiger partial charge in [0.25, 0.3) is 0 Å². The molecule has 0 spiro atoms. The Morgan fingerprint density at radius 3 is 1.52 bits per heavy atom. The van der Waals surface area contributed by atoms with Crippen LogP contribution in [-0.2, 0) is 16.5 Å². The first-order valence-electron chi connectivity index (χ1n) is 11.8. The monoisotopic (exact) mass is 495 g/mol. The topological polar surface area (TPSA) is 36.9 Å². The predicted molar refractivity (Wildman–Crippen MR) is 139 cm³/mol. The molecule has 175 valence electrons. The summed E-state index contributed by atoms with van der Waals surface area (Å²) < 4.78 is 26.8. The number of hydrogen-bond acceptors (Lipinski definition) is 4. The fraction of sp³-hybridized carbons (Fsp3) is 1.00. The zero-order valence-electron chi connectivity index (χ0n) is 21.5. The summed E-state index contributed by atoms with van der Waals surface area (Å²) in [4.78, 5) is 0. The van der Waals surface area contributed by atoms with Crippen molar-refractivity contribution in [3.05, 3.63) is 0 Å². The van der Waals surface area contributed by atoms with Gasteiger partial charge in [-0.05, 0) is 70.5 Å². The van der Waals surface area contributed by atoms with Crippen molar-refractivity contribution < 1.29 is 16.5 Å². The SMILES string of the molecule is CCCC[Si](C)(C)O[Si](C)O[Si](C)(CCCC)O[Si](C)(C)O[Si](C)(C)CCCC. The van der Waals surface area contributed by atoms with Crippen LogP contribution >= 0.6 is 0 Å². The van der Waals surface area contributed by atoms with Crippen molar-refractivity contribution >= 4 is 43.0 Å². The second-order valence-electron chi connectivity index (χ2n) is 10.3. The average Bonchev–Trinajstić information content (AvgIpc) is 2.54. The van der Waals surface area contributed by atoms with Crippen molar-refractivity contribution in [2.24, 2.45) is 0 Å². The molecule has 1 unspecified atom stereocenters. The molecule has 0 fully saturated rings. The van der Waals surface area contributed by atoms with Gasteiger partial charge >= 0.3 is 26.4 Å². The maximum absolute atomic E-state index is 6.84. The van der Waals surface area contributed by atoms with E-state index >= 15 is 0 Å². The zero-order chi connectivity index (χ0) is 22.8. The Labute approximate surface area is 189 Å². The molecule has 29 heavy (non-hydrogen) atoms. The summed E-state index contributed by atoms with van der Waals surface area (Å²) in [6.45, 7) is 24.9. The van der Waals surface area contributed by atoms with Crippen LogP contribution in [0.3, 0.4) is 0 Å². The molecule has 1 radical (unpaired) electrons. The summed E-state index contributed by atoms with van der Waals surface area (Å²) in [7, 11) is -9.25. The molecular formula is C20H51O4Si5. The summed E-state index contributed by atoms with van der Waals surface area (Å²) in [5, 5.41) is 0. The van der Waals surface area contributed by atoms with Gasteiger partial charge in [-0.15, -0.1) is 0 Å². The van der Waals surface area contributed by atoms with E-state index in [2.05, 4.69) is 73.1 Å². The van der Waals surface area contributed by atoms with Crippen LogP contribution < -0.4 is 0 Å². The van der Waals surface area contributed by atoms with E-state index in [4.69, 9.17) is 16.5 Å². The van der Waals surface area contributed by atoms with Gasteiger partial charge in [0.05, 0.1) is 0 Å². The Bertz CT molecular complexity index is 449. The van der Waals surface area contributed by atoms with Crippen LogP contribution in [0.5, 0.6) is 0 Å². The van der Waals surface area contributed by atoms with Gasteiger partial charge in [-0.3, -0.25) is 0 Å². The van der Waals surface area contributed by atoms with Crippen LogP contribution in [-0.4, -0.2) is 43.0 Å². The first-order valence-corrected chi connectivity index (χ1v) is 25.2. The summed E-state index contributed by atoms with van der Waals surface area (Å²) >= 11 is 0. The van der Waals surface area contributed by atoms with E-state index in [1.54, 1.807) is 0 Å². The second-order valence-corrected chi connectivity index (χ2v) is 28.1. The molecule has 0 aliphatic heterocycles. The van der Waals surface area contributed by atoms with Gasteiger partial charge in [-0.25, -0.2) is 0 Å². The van der Waals surface area contributed by atoms with Crippen LogP contribution in [0.4, 0.5) is 0 Å². The van der Waals surface area contributed by atoms with E-state index < -0.39 is 43.0 Å². The smallest absolute Gasteiger partial charge is 0.360 e. The summed E-state index contributed by atoms with van der Waals surface area (Å²) in [6, 6.07) is 3.45. The first-order chi connectivity index (χ1) is 13.2. The lowest BCUT2D eigenvalue weighted by Crippen LogP contribution is -2.56. The molecular weight excluding hydrogens is 445 g/mol. The zero-order valence-corrected chi connectivity index (χ0v) is 26.5. The van der Waals surface area contributed by atoms with Crippen LogP contribution in [0.25, 0.3) is 0 Å². The van der Waals surface area contributed by atoms with Crippen LogP contribution in [0, 0.1) is 0 Å². The molecule has 0 aromatic carbocycles. The minimum atomic E-state index is -2.33. The Hall–Kier alpha value is 0.924. The molecule has 0 N–H and O–H groups in total. The normalized spacial score (nSPS) is 15.7. The van der Waals surface area contributed by atoms with Gasteiger partial charge < -0.3 is 16.5 Å². The van der Waals surface area contributed by atoms with Crippen LogP contribution in [0.1, 0.15) is 59.3 Å². The van der Waals surface area contributed by atoms with Gasteiger partial charge in [0.1, 0.15) is 0 Å². The minimum Gasteiger partial charge on any atom is -0.436 e. The summed E-state index contributed by atoms with van der Waals surface area (Å²) in [5.74, 6) is 0. The molecule has 0 aliphatic carbocycles. The highest BCUT2D eigenvalue weighted by Gasteiger charge is 2.44. The number of rotatable bonds is 17. The maximum Gasteiger partial charge on any atom is 0.360 e. The lowest BCUT2D eigenvalue weighted by Gasteiger charge is -2.41. The Kier molecular flexibility index (Phi) is 13.9. The largest absolute Gasteiger partial charge is 0.436 e. The predicted octanol–water partition coefficient (Wildman–Crippen LogP) is 7.76. The van der Waals surface area contributed by atoms with E-state index in [1.165, 1.54) is 37.8 Å². The quantitative estimate of drug-likeness (QED) is 0.193. The number of unbranched alkanes of at least 4 members (excludes halogenated alkanes) is 3. The average molecular weight is 496 g/mol. The highest BCUT2D eigenvalue weighted by Crippen LogP contribution is 2.28. The van der Waals surface area contributed by atoms with E-state index in [1.807, 2.05) is 0 Å². The summed E-state index contributed by atoms with van der Waals surface area (Å²) in [6.07, 6.45) is 7.27. The molecule has 0 aliphatic rings. The molecule has 0 rings (SSSR count). The van der Waals surface area contributed by atoms with E-state index in [9.17, 15) is 0 Å². The molecule has 0 bridgehead atoms. The van der Waals surface area contributed by atoms with Crippen molar-refractivity contribution in [3.63, 3.8) is 0 Å². The Morgan fingerprint density at radius 2 is 1.03 bits per heavy atom. The molecule has 0 saturated carbocycles. The van der Waals surface area contributed by atoms with Crippen LogP contribution in [0.15, 0.2) is 0 Å². The van der Waals surface area contributed by atoms with Crippen molar-refractivity contribution in [3.8, 4) is 0 Å². The molecule has 0 aromatic heterocycles. The third-order valence-electron chi connectivity index (χ3n) is 5.01. The highest BCUT2D eigenvalue weighted by atomic mass is 28.5. The summed E-state index contributed by atoms with van der Waals surface area (Å²) in [5.41, 5.74) is 0. The van der Waals surface area contributed by atoms with Crippen molar-refractivity contribution in [1.82, 2.24) is 0 Å². The van der Waals surface area contributed by atoms with Gasteiger partial charge in [-0.2, -0.15) is 0 Å². The molecule has 9 heteroatoms. The molecule has 0 amide bonds. The third kappa shape index (κ3) is 14.6. The molecule has 0 heterocycles. The molecule has 0 saturated heterocycles. The number of hydrogen-bond donors (Lipinski definition) is 0. The Morgan fingerprint density at radius 1 is 0.586 bits per heavy atom. The van der Waals surface area contributed by atoms with Gasteiger partial charge in [0.15, 0.2) is 16.6 Å². The van der Waals surface area contributed by atoms with Crippen molar-refractivity contribution in [2.75, 3.05) is 0 Å². The standard InChI is InChI=1S/C20H51O4Si5/c1-12-15-18-26(5,6)21-25(4)22-29(11,20-17-14-3)24-28(9,10)23-27(7,8)19-16-13-2/h12-20H2,1-11H3. The third-order valence-corrected chi connectivity index (χ3v) is 23.5. The first kappa shape index (κ1) is 29.9. The minimum absolute atomic E-state index is 1.03. The highest BCUT2D eigenvalue weighted by molar-refractivity contribution is 6.88. The molecule has 0 aromatic rings.